The van der Waals surface area contributed by atoms with E-state index in [0.717, 1.165) is 5.82 Å². The molecule has 1 aliphatic carbocycles. The maximum absolute atomic E-state index is 12.6. The molecule has 0 aromatic carbocycles. The van der Waals surface area contributed by atoms with Gasteiger partial charge in [0, 0.05) is 37.2 Å². The van der Waals surface area contributed by atoms with Crippen molar-refractivity contribution in [1.29, 1.82) is 0 Å². The number of carbonyl (C=O) groups is 1. The van der Waals surface area contributed by atoms with Gasteiger partial charge in [-0.1, -0.05) is 0 Å². The van der Waals surface area contributed by atoms with Crippen LogP contribution in [0.2, 0.25) is 0 Å². The van der Waals surface area contributed by atoms with Crippen molar-refractivity contribution in [3.63, 3.8) is 0 Å². The minimum Gasteiger partial charge on any atom is -0.349 e. The van der Waals surface area contributed by atoms with Crippen LogP contribution >= 0.6 is 0 Å². The van der Waals surface area contributed by atoms with Crippen molar-refractivity contribution in [2.24, 2.45) is 5.92 Å². The molecule has 1 aliphatic rings. The number of amides is 1. The summed E-state index contributed by atoms with van der Waals surface area (Å²) in [7, 11) is 0. The Morgan fingerprint density at radius 3 is 2.89 bits per heavy atom. The van der Waals surface area contributed by atoms with Crippen molar-refractivity contribution in [3.05, 3.63) is 18.2 Å². The van der Waals surface area contributed by atoms with Gasteiger partial charge in [0.05, 0.1) is 6.54 Å². The van der Waals surface area contributed by atoms with Gasteiger partial charge in [-0.15, -0.1) is 0 Å². The first kappa shape index (κ1) is 13.0. The van der Waals surface area contributed by atoms with Crippen LogP contribution in [0.25, 0.3) is 0 Å². The summed E-state index contributed by atoms with van der Waals surface area (Å²) in [5.41, 5.74) is 0. The first-order chi connectivity index (χ1) is 8.40. The summed E-state index contributed by atoms with van der Waals surface area (Å²) in [5.74, 6) is -3.01. The first-order valence-corrected chi connectivity index (χ1v) is 6.06. The number of aromatic nitrogens is 2. The molecule has 1 saturated carbocycles. The Labute approximate surface area is 104 Å². The van der Waals surface area contributed by atoms with Gasteiger partial charge < -0.3 is 9.88 Å². The Kier molecular flexibility index (Phi) is 3.36. The third-order valence-electron chi connectivity index (χ3n) is 3.14. The smallest absolute Gasteiger partial charge is 0.252 e. The summed E-state index contributed by atoms with van der Waals surface area (Å²) in [6.45, 7) is 4.30. The largest absolute Gasteiger partial charge is 0.349 e. The topological polar surface area (TPSA) is 46.9 Å². The van der Waals surface area contributed by atoms with E-state index in [9.17, 15) is 13.6 Å². The van der Waals surface area contributed by atoms with Gasteiger partial charge in [0.2, 0.25) is 5.91 Å². The number of imidazole rings is 1. The van der Waals surface area contributed by atoms with E-state index in [1.54, 1.807) is 6.20 Å². The van der Waals surface area contributed by atoms with Crippen LogP contribution in [0.1, 0.15) is 38.6 Å². The van der Waals surface area contributed by atoms with E-state index in [0.29, 0.717) is 0 Å². The number of alkyl halides is 2. The summed E-state index contributed by atoms with van der Waals surface area (Å²) in [6.07, 6.45) is 3.23. The monoisotopic (exact) mass is 257 g/mol. The third kappa shape index (κ3) is 2.86. The normalized spacial score (nSPS) is 21.1. The molecule has 2 rings (SSSR count). The van der Waals surface area contributed by atoms with Gasteiger partial charge in [0.25, 0.3) is 5.92 Å². The Morgan fingerprint density at radius 2 is 2.33 bits per heavy atom. The highest BCUT2D eigenvalue weighted by Gasteiger charge is 2.57. The molecule has 0 saturated heterocycles. The van der Waals surface area contributed by atoms with Gasteiger partial charge in [0.15, 0.2) is 0 Å². The molecule has 1 aromatic rings. The molecule has 0 radical (unpaired) electrons. The molecule has 0 bridgehead atoms. The van der Waals surface area contributed by atoms with Gasteiger partial charge in [-0.2, -0.15) is 0 Å². The standard InChI is InChI=1S/C12H17F2N3O/c1-8(2)17-4-3-15-10(17)7-16-11(18)5-9-6-12(9,13)14/h3-4,8-9H,5-7H2,1-2H3,(H,16,18). The maximum Gasteiger partial charge on any atom is 0.252 e. The number of carbonyl (C=O) groups excluding carboxylic acids is 1. The van der Waals surface area contributed by atoms with Crippen LogP contribution < -0.4 is 5.32 Å². The molecule has 1 unspecified atom stereocenters. The van der Waals surface area contributed by atoms with Crippen molar-refractivity contribution in [2.45, 2.75) is 45.2 Å². The van der Waals surface area contributed by atoms with Crippen molar-refractivity contribution in [1.82, 2.24) is 14.9 Å². The molecule has 1 atom stereocenters. The fourth-order valence-corrected chi connectivity index (χ4v) is 1.92. The van der Waals surface area contributed by atoms with Crippen molar-refractivity contribution in [3.8, 4) is 0 Å². The van der Waals surface area contributed by atoms with E-state index in [-0.39, 0.29) is 31.3 Å². The minimum absolute atomic E-state index is 0.102. The maximum atomic E-state index is 12.6. The number of rotatable bonds is 5. The Balaban J connectivity index is 1.81. The lowest BCUT2D eigenvalue weighted by Crippen LogP contribution is -2.25. The zero-order valence-corrected chi connectivity index (χ0v) is 10.5. The molecule has 6 heteroatoms. The van der Waals surface area contributed by atoms with E-state index in [4.69, 9.17) is 0 Å². The average Bonchev–Trinajstić information content (AvgIpc) is 2.73. The van der Waals surface area contributed by atoms with Gasteiger partial charge in [-0.25, -0.2) is 13.8 Å². The zero-order chi connectivity index (χ0) is 13.3. The molecule has 4 nitrogen and oxygen atoms in total. The van der Waals surface area contributed by atoms with Gasteiger partial charge in [-0.3, -0.25) is 4.79 Å². The molecule has 1 N–H and O–H groups in total. The fourth-order valence-electron chi connectivity index (χ4n) is 1.92. The summed E-state index contributed by atoms with van der Waals surface area (Å²) < 4.78 is 27.2. The molecule has 0 aliphatic heterocycles. The molecule has 1 amide bonds. The van der Waals surface area contributed by atoms with Gasteiger partial charge in [0.1, 0.15) is 5.82 Å². The van der Waals surface area contributed by atoms with Crippen molar-refractivity contribution < 1.29 is 13.6 Å². The van der Waals surface area contributed by atoms with E-state index in [1.807, 2.05) is 24.6 Å². The third-order valence-corrected chi connectivity index (χ3v) is 3.14. The highest BCUT2D eigenvalue weighted by Crippen LogP contribution is 2.50. The number of nitrogens with zero attached hydrogens (tertiary/aromatic N) is 2. The SMILES string of the molecule is CC(C)n1ccnc1CNC(=O)CC1CC1(F)F. The Bertz CT molecular complexity index is 442. The Hall–Kier alpha value is -1.46. The van der Waals surface area contributed by atoms with E-state index >= 15 is 0 Å². The van der Waals surface area contributed by atoms with E-state index in [1.165, 1.54) is 0 Å². The summed E-state index contributed by atoms with van der Waals surface area (Å²) >= 11 is 0. The summed E-state index contributed by atoms with van der Waals surface area (Å²) in [4.78, 5) is 15.6. The van der Waals surface area contributed by atoms with Crippen molar-refractivity contribution in [2.75, 3.05) is 0 Å². The van der Waals surface area contributed by atoms with Crippen LogP contribution in [0, 0.1) is 5.92 Å². The zero-order valence-electron chi connectivity index (χ0n) is 10.5. The Morgan fingerprint density at radius 1 is 1.67 bits per heavy atom. The highest BCUT2D eigenvalue weighted by molar-refractivity contribution is 5.76. The minimum atomic E-state index is -2.63. The second-order valence-corrected chi connectivity index (χ2v) is 4.99. The lowest BCUT2D eigenvalue weighted by atomic mass is 10.2. The molecule has 100 valence electrons. The van der Waals surface area contributed by atoms with Crippen LogP contribution in [-0.4, -0.2) is 21.4 Å². The average molecular weight is 257 g/mol. The molecule has 1 aromatic heterocycles. The number of nitrogens with one attached hydrogen (secondary N) is 1. The van der Waals surface area contributed by atoms with Crippen molar-refractivity contribution >= 4 is 5.91 Å². The molecular weight excluding hydrogens is 240 g/mol. The van der Waals surface area contributed by atoms with E-state index in [2.05, 4.69) is 10.3 Å². The number of halogens is 2. The summed E-state index contributed by atoms with van der Waals surface area (Å²) in [6, 6.07) is 0.257. The number of hydrogen-bond donors (Lipinski definition) is 1. The van der Waals surface area contributed by atoms with E-state index < -0.39 is 11.8 Å². The molecule has 1 heterocycles. The predicted molar refractivity (Wildman–Crippen MR) is 62.1 cm³/mol. The second-order valence-electron chi connectivity index (χ2n) is 4.99. The van der Waals surface area contributed by atoms with Crippen LogP contribution in [-0.2, 0) is 11.3 Å². The van der Waals surface area contributed by atoms with Crippen LogP contribution in [0.3, 0.4) is 0 Å². The highest BCUT2D eigenvalue weighted by atomic mass is 19.3. The van der Waals surface area contributed by atoms with Gasteiger partial charge >= 0.3 is 0 Å². The first-order valence-electron chi connectivity index (χ1n) is 6.06. The van der Waals surface area contributed by atoms with Crippen LogP contribution in [0.5, 0.6) is 0 Å². The molecule has 18 heavy (non-hydrogen) atoms. The second kappa shape index (κ2) is 4.66. The predicted octanol–water partition coefficient (Wildman–Crippen LogP) is 2.13. The van der Waals surface area contributed by atoms with Gasteiger partial charge in [-0.05, 0) is 13.8 Å². The lowest BCUT2D eigenvalue weighted by molar-refractivity contribution is -0.122. The molecular formula is C12H17F2N3O. The summed E-state index contributed by atoms with van der Waals surface area (Å²) in [5, 5.41) is 2.63. The van der Waals surface area contributed by atoms with Crippen LogP contribution in [0.15, 0.2) is 12.4 Å². The number of hydrogen-bond acceptors (Lipinski definition) is 2. The fraction of sp³-hybridized carbons (Fsp3) is 0.667. The lowest BCUT2D eigenvalue weighted by Gasteiger charge is -2.11. The molecule has 0 spiro atoms. The van der Waals surface area contributed by atoms with Crippen LogP contribution in [0.4, 0.5) is 8.78 Å². The molecule has 1 fully saturated rings. The quantitative estimate of drug-likeness (QED) is 0.878.